The third-order valence-corrected chi connectivity index (χ3v) is 2.81. The summed E-state index contributed by atoms with van der Waals surface area (Å²) >= 11 is 0. The molecule has 0 radical (unpaired) electrons. The Morgan fingerprint density at radius 3 is 2.18 bits per heavy atom. The Bertz CT molecular complexity index is 276. The van der Waals surface area contributed by atoms with Crippen molar-refractivity contribution in [2.24, 2.45) is 0 Å². The normalized spacial score (nSPS) is 17.6. The molecule has 1 fully saturated rings. The van der Waals surface area contributed by atoms with Gasteiger partial charge in [-0.1, -0.05) is 19.3 Å². The summed E-state index contributed by atoms with van der Waals surface area (Å²) in [6.07, 6.45) is 5.65. The lowest BCUT2D eigenvalue weighted by Crippen LogP contribution is -2.44. The number of amides is 2. The van der Waals surface area contributed by atoms with Crippen molar-refractivity contribution < 1.29 is 9.59 Å². The molecule has 4 nitrogen and oxygen atoms in total. The molecule has 2 amide bonds. The molecule has 0 bridgehead atoms. The maximum Gasteiger partial charge on any atom is 0.229 e. The van der Waals surface area contributed by atoms with Gasteiger partial charge in [0, 0.05) is 11.6 Å². The molecule has 0 aromatic rings. The third kappa shape index (κ3) is 6.29. The van der Waals surface area contributed by atoms with Crippen molar-refractivity contribution in [3.05, 3.63) is 0 Å². The molecule has 0 aromatic carbocycles. The molecule has 1 aliphatic carbocycles. The van der Waals surface area contributed by atoms with Crippen molar-refractivity contribution in [1.82, 2.24) is 10.6 Å². The maximum atomic E-state index is 11.6. The van der Waals surface area contributed by atoms with E-state index in [9.17, 15) is 9.59 Å². The van der Waals surface area contributed by atoms with E-state index in [1.165, 1.54) is 19.3 Å². The van der Waals surface area contributed by atoms with Gasteiger partial charge in [-0.15, -0.1) is 0 Å². The van der Waals surface area contributed by atoms with Crippen LogP contribution in [0.4, 0.5) is 0 Å². The molecule has 0 aromatic heterocycles. The maximum absolute atomic E-state index is 11.6. The number of nitrogens with one attached hydrogen (secondary N) is 2. The van der Waals surface area contributed by atoms with Gasteiger partial charge in [-0.25, -0.2) is 0 Å². The first-order valence-corrected chi connectivity index (χ1v) is 6.47. The first-order valence-electron chi connectivity index (χ1n) is 6.47. The van der Waals surface area contributed by atoms with Gasteiger partial charge < -0.3 is 10.6 Å². The van der Waals surface area contributed by atoms with Crippen LogP contribution >= 0.6 is 0 Å². The van der Waals surface area contributed by atoms with Crippen LogP contribution in [0.2, 0.25) is 0 Å². The van der Waals surface area contributed by atoms with Crippen LogP contribution < -0.4 is 10.6 Å². The second kappa shape index (κ2) is 6.03. The molecule has 1 rings (SSSR count). The second-order valence-electron chi connectivity index (χ2n) is 5.88. The molecule has 17 heavy (non-hydrogen) atoms. The van der Waals surface area contributed by atoms with Gasteiger partial charge in [0.2, 0.25) is 11.8 Å². The van der Waals surface area contributed by atoms with Gasteiger partial charge in [0.05, 0.1) is 0 Å². The Morgan fingerprint density at radius 2 is 1.65 bits per heavy atom. The minimum atomic E-state index is -0.276. The summed E-state index contributed by atoms with van der Waals surface area (Å²) < 4.78 is 0. The zero-order valence-electron chi connectivity index (χ0n) is 11.1. The lowest BCUT2D eigenvalue weighted by Gasteiger charge is -2.23. The Balaban J connectivity index is 2.26. The fourth-order valence-corrected chi connectivity index (χ4v) is 2.13. The molecular weight excluding hydrogens is 216 g/mol. The molecule has 0 aliphatic heterocycles. The summed E-state index contributed by atoms with van der Waals surface area (Å²) in [5.74, 6) is -0.357. The Hall–Kier alpha value is -1.06. The number of carbonyl (C=O) groups excluding carboxylic acids is 2. The Labute approximate surface area is 104 Å². The van der Waals surface area contributed by atoms with E-state index in [-0.39, 0.29) is 29.8 Å². The average Bonchev–Trinajstić information content (AvgIpc) is 2.15. The predicted octanol–water partition coefficient (Wildman–Crippen LogP) is 1.74. The standard InChI is InChI=1S/C13H24N2O2/c1-13(2,3)15-12(17)9-11(16)14-10-7-5-4-6-8-10/h10H,4-9H2,1-3H3,(H,14,16)(H,15,17). The molecule has 4 heteroatoms. The third-order valence-electron chi connectivity index (χ3n) is 2.81. The SMILES string of the molecule is CC(C)(C)NC(=O)CC(=O)NC1CCCCC1. The molecule has 98 valence electrons. The summed E-state index contributed by atoms with van der Waals surface area (Å²) in [6.45, 7) is 5.72. The molecule has 2 N–H and O–H groups in total. The van der Waals surface area contributed by atoms with E-state index < -0.39 is 0 Å². The number of hydrogen-bond acceptors (Lipinski definition) is 2. The lowest BCUT2D eigenvalue weighted by molar-refractivity contribution is -0.130. The highest BCUT2D eigenvalue weighted by Crippen LogP contribution is 2.17. The van der Waals surface area contributed by atoms with Crippen molar-refractivity contribution in [2.75, 3.05) is 0 Å². The fraction of sp³-hybridized carbons (Fsp3) is 0.846. The van der Waals surface area contributed by atoms with Gasteiger partial charge in [0.15, 0.2) is 0 Å². The van der Waals surface area contributed by atoms with Gasteiger partial charge in [0.1, 0.15) is 6.42 Å². The second-order valence-corrected chi connectivity index (χ2v) is 5.88. The van der Waals surface area contributed by atoms with Crippen molar-refractivity contribution in [3.63, 3.8) is 0 Å². The van der Waals surface area contributed by atoms with Gasteiger partial charge in [-0.2, -0.15) is 0 Å². The zero-order chi connectivity index (χ0) is 12.9. The smallest absolute Gasteiger partial charge is 0.229 e. The summed E-state index contributed by atoms with van der Waals surface area (Å²) in [7, 11) is 0. The lowest BCUT2D eigenvalue weighted by atomic mass is 9.95. The first-order chi connectivity index (χ1) is 7.87. The van der Waals surface area contributed by atoms with E-state index in [4.69, 9.17) is 0 Å². The fourth-order valence-electron chi connectivity index (χ4n) is 2.13. The topological polar surface area (TPSA) is 58.2 Å². The van der Waals surface area contributed by atoms with Crippen LogP contribution in [0.1, 0.15) is 59.3 Å². The minimum Gasteiger partial charge on any atom is -0.353 e. The van der Waals surface area contributed by atoms with Gasteiger partial charge in [0.25, 0.3) is 0 Å². The zero-order valence-corrected chi connectivity index (χ0v) is 11.1. The van der Waals surface area contributed by atoms with E-state index in [1.807, 2.05) is 20.8 Å². The molecule has 1 aliphatic rings. The van der Waals surface area contributed by atoms with Crippen molar-refractivity contribution in [2.45, 2.75) is 70.9 Å². The highest BCUT2D eigenvalue weighted by atomic mass is 16.2. The number of hydrogen-bond donors (Lipinski definition) is 2. The van der Waals surface area contributed by atoms with Crippen LogP contribution in [0.15, 0.2) is 0 Å². The average molecular weight is 240 g/mol. The van der Waals surface area contributed by atoms with Gasteiger partial charge in [-0.05, 0) is 33.6 Å². The monoisotopic (exact) mass is 240 g/mol. The highest BCUT2D eigenvalue weighted by molar-refractivity contribution is 5.97. The molecular formula is C13H24N2O2. The molecule has 0 unspecified atom stereocenters. The molecule has 0 saturated heterocycles. The van der Waals surface area contributed by atoms with Gasteiger partial charge in [-0.3, -0.25) is 9.59 Å². The van der Waals surface area contributed by atoms with Crippen molar-refractivity contribution >= 4 is 11.8 Å². The largest absolute Gasteiger partial charge is 0.353 e. The Kier molecular flexibility index (Phi) is 4.97. The van der Waals surface area contributed by atoms with Crippen LogP contribution in [-0.4, -0.2) is 23.4 Å². The molecule has 0 spiro atoms. The summed E-state index contributed by atoms with van der Waals surface area (Å²) in [6, 6.07) is 0.277. The van der Waals surface area contributed by atoms with Crippen LogP contribution in [0.25, 0.3) is 0 Å². The van der Waals surface area contributed by atoms with E-state index in [0.29, 0.717) is 0 Å². The number of carbonyl (C=O) groups is 2. The summed E-state index contributed by atoms with van der Waals surface area (Å²) in [4.78, 5) is 23.2. The minimum absolute atomic E-state index is 0.0617. The highest BCUT2D eigenvalue weighted by Gasteiger charge is 2.19. The molecule has 0 heterocycles. The quantitative estimate of drug-likeness (QED) is 0.738. The van der Waals surface area contributed by atoms with Crippen LogP contribution in [0.5, 0.6) is 0 Å². The molecule has 1 saturated carbocycles. The van der Waals surface area contributed by atoms with Crippen LogP contribution in [-0.2, 0) is 9.59 Å². The van der Waals surface area contributed by atoms with Crippen LogP contribution in [0.3, 0.4) is 0 Å². The van der Waals surface area contributed by atoms with E-state index in [2.05, 4.69) is 10.6 Å². The number of rotatable bonds is 3. The summed E-state index contributed by atoms with van der Waals surface area (Å²) in [5, 5.41) is 5.72. The van der Waals surface area contributed by atoms with E-state index >= 15 is 0 Å². The van der Waals surface area contributed by atoms with Crippen molar-refractivity contribution in [3.8, 4) is 0 Å². The Morgan fingerprint density at radius 1 is 1.06 bits per heavy atom. The van der Waals surface area contributed by atoms with Gasteiger partial charge >= 0.3 is 0 Å². The first kappa shape index (κ1) is 14.0. The van der Waals surface area contributed by atoms with E-state index in [0.717, 1.165) is 12.8 Å². The molecule has 0 atom stereocenters. The van der Waals surface area contributed by atoms with Crippen LogP contribution in [0, 0.1) is 0 Å². The van der Waals surface area contributed by atoms with Crippen molar-refractivity contribution in [1.29, 1.82) is 0 Å². The summed E-state index contributed by atoms with van der Waals surface area (Å²) in [5.41, 5.74) is -0.276. The predicted molar refractivity (Wildman–Crippen MR) is 67.5 cm³/mol. The van der Waals surface area contributed by atoms with E-state index in [1.54, 1.807) is 0 Å².